The number of benzene rings is 2. The standard InChI is InChI=1S/C26H27FN6O3S/c1-18-7-9-22(10-8-18)37(35,36)33-13-11-23-25(29-17-30-26(23)33)31-21-6-3-12-32(16-21)24(34)15-28-20-5-2-4-19(27)14-20/h2,4-5,7-11,13-14,17,21,28H,3,6,12,15-16H2,1H3,(H,29,30,31)/t21-/m0/s1. The molecule has 0 saturated carbocycles. The summed E-state index contributed by atoms with van der Waals surface area (Å²) in [5.41, 5.74) is 1.80. The van der Waals surface area contributed by atoms with Crippen molar-refractivity contribution in [2.75, 3.05) is 30.3 Å². The second kappa shape index (κ2) is 10.2. The van der Waals surface area contributed by atoms with Crippen LogP contribution in [0.5, 0.6) is 0 Å². The molecule has 37 heavy (non-hydrogen) atoms. The Hall–Kier alpha value is -3.99. The highest BCUT2D eigenvalue weighted by atomic mass is 32.2. The minimum absolute atomic E-state index is 0.0631. The van der Waals surface area contributed by atoms with E-state index in [0.717, 1.165) is 22.4 Å². The van der Waals surface area contributed by atoms with E-state index in [2.05, 4.69) is 20.6 Å². The fourth-order valence-corrected chi connectivity index (χ4v) is 5.77. The number of likely N-dealkylation sites (tertiary alicyclic amines) is 1. The lowest BCUT2D eigenvalue weighted by molar-refractivity contribution is -0.130. The number of amides is 1. The summed E-state index contributed by atoms with van der Waals surface area (Å²) in [6.45, 7) is 3.06. The Morgan fingerprint density at radius 1 is 1.14 bits per heavy atom. The van der Waals surface area contributed by atoms with Gasteiger partial charge in [0.1, 0.15) is 18.0 Å². The summed E-state index contributed by atoms with van der Waals surface area (Å²) in [7, 11) is -3.83. The number of carbonyl (C=O) groups excluding carboxylic acids is 1. The molecular weight excluding hydrogens is 495 g/mol. The Morgan fingerprint density at radius 2 is 1.95 bits per heavy atom. The molecule has 3 heterocycles. The maximum atomic E-state index is 13.4. The number of nitrogens with one attached hydrogen (secondary N) is 2. The Balaban J connectivity index is 1.29. The van der Waals surface area contributed by atoms with Crippen molar-refractivity contribution in [1.82, 2.24) is 18.8 Å². The number of rotatable bonds is 7. The quantitative estimate of drug-likeness (QED) is 0.382. The lowest BCUT2D eigenvalue weighted by Crippen LogP contribution is -2.47. The monoisotopic (exact) mass is 522 g/mol. The lowest BCUT2D eigenvalue weighted by Gasteiger charge is -2.33. The molecule has 1 aliphatic heterocycles. The van der Waals surface area contributed by atoms with Gasteiger partial charge in [0.25, 0.3) is 10.0 Å². The Kier molecular flexibility index (Phi) is 6.79. The zero-order valence-corrected chi connectivity index (χ0v) is 21.1. The number of anilines is 2. The molecule has 1 aliphatic rings. The van der Waals surface area contributed by atoms with E-state index < -0.39 is 10.0 Å². The third kappa shape index (κ3) is 5.26. The van der Waals surface area contributed by atoms with E-state index in [1.54, 1.807) is 47.4 Å². The van der Waals surface area contributed by atoms with E-state index in [1.165, 1.54) is 24.7 Å². The first-order chi connectivity index (χ1) is 17.8. The van der Waals surface area contributed by atoms with E-state index in [1.807, 2.05) is 6.92 Å². The van der Waals surface area contributed by atoms with Gasteiger partial charge in [-0.25, -0.2) is 26.7 Å². The Morgan fingerprint density at radius 3 is 2.73 bits per heavy atom. The summed E-state index contributed by atoms with van der Waals surface area (Å²) >= 11 is 0. The number of carbonyl (C=O) groups is 1. The second-order valence-electron chi connectivity index (χ2n) is 9.08. The molecule has 0 aliphatic carbocycles. The highest BCUT2D eigenvalue weighted by Crippen LogP contribution is 2.26. The van der Waals surface area contributed by atoms with Crippen LogP contribution in [-0.2, 0) is 14.8 Å². The van der Waals surface area contributed by atoms with Gasteiger partial charge in [0, 0.05) is 31.0 Å². The normalized spacial score (nSPS) is 16.1. The number of halogens is 1. The summed E-state index contributed by atoms with van der Waals surface area (Å²) < 4.78 is 41.0. The number of piperidine rings is 1. The number of hydrogen-bond donors (Lipinski definition) is 2. The molecule has 0 spiro atoms. The van der Waals surface area contributed by atoms with Crippen LogP contribution in [-0.4, -0.2) is 58.8 Å². The topological polar surface area (TPSA) is 109 Å². The van der Waals surface area contributed by atoms with Gasteiger partial charge < -0.3 is 15.5 Å². The summed E-state index contributed by atoms with van der Waals surface area (Å²) in [4.78, 5) is 23.3. The molecule has 2 aromatic carbocycles. The van der Waals surface area contributed by atoms with Crippen LogP contribution < -0.4 is 10.6 Å². The largest absolute Gasteiger partial charge is 0.376 e. The average Bonchev–Trinajstić information content (AvgIpc) is 3.34. The van der Waals surface area contributed by atoms with E-state index in [9.17, 15) is 17.6 Å². The highest BCUT2D eigenvalue weighted by Gasteiger charge is 2.26. The summed E-state index contributed by atoms with van der Waals surface area (Å²) in [6.07, 6.45) is 4.45. The molecule has 1 fully saturated rings. The molecule has 0 bridgehead atoms. The second-order valence-corrected chi connectivity index (χ2v) is 10.9. The van der Waals surface area contributed by atoms with Crippen molar-refractivity contribution in [1.29, 1.82) is 0 Å². The first-order valence-electron chi connectivity index (χ1n) is 12.0. The number of nitrogens with zero attached hydrogens (tertiary/aromatic N) is 4. The molecule has 11 heteroatoms. The number of fused-ring (bicyclic) bond motifs is 1. The molecule has 1 saturated heterocycles. The molecule has 0 radical (unpaired) electrons. The SMILES string of the molecule is Cc1ccc(S(=O)(=O)n2ccc3c(N[C@H]4CCCN(C(=O)CNc5cccc(F)c5)C4)ncnc32)cc1. The minimum atomic E-state index is -3.83. The summed E-state index contributed by atoms with van der Waals surface area (Å²) in [5, 5.41) is 6.93. The van der Waals surface area contributed by atoms with E-state index in [0.29, 0.717) is 30.0 Å². The minimum Gasteiger partial charge on any atom is -0.376 e. The molecule has 192 valence electrons. The first-order valence-corrected chi connectivity index (χ1v) is 13.4. The van der Waals surface area contributed by atoms with Crippen LogP contribution in [0.15, 0.2) is 72.0 Å². The molecule has 0 unspecified atom stereocenters. The predicted molar refractivity (Wildman–Crippen MR) is 139 cm³/mol. The van der Waals surface area contributed by atoms with Gasteiger partial charge in [-0.3, -0.25) is 4.79 Å². The summed E-state index contributed by atoms with van der Waals surface area (Å²) in [5.74, 6) is 0.0651. The van der Waals surface area contributed by atoms with Gasteiger partial charge in [0.05, 0.1) is 16.8 Å². The van der Waals surface area contributed by atoms with Gasteiger partial charge in [-0.2, -0.15) is 0 Å². The Labute approximate surface area is 214 Å². The van der Waals surface area contributed by atoms with Crippen molar-refractivity contribution in [2.24, 2.45) is 0 Å². The van der Waals surface area contributed by atoms with Crippen molar-refractivity contribution in [3.63, 3.8) is 0 Å². The van der Waals surface area contributed by atoms with Crippen molar-refractivity contribution in [2.45, 2.75) is 30.7 Å². The van der Waals surface area contributed by atoms with Gasteiger partial charge in [0.15, 0.2) is 5.65 Å². The van der Waals surface area contributed by atoms with Crippen LogP contribution >= 0.6 is 0 Å². The lowest BCUT2D eigenvalue weighted by atomic mass is 10.1. The van der Waals surface area contributed by atoms with Crippen LogP contribution in [0.2, 0.25) is 0 Å². The van der Waals surface area contributed by atoms with E-state index in [-0.39, 0.29) is 34.9 Å². The van der Waals surface area contributed by atoms with Gasteiger partial charge >= 0.3 is 0 Å². The maximum Gasteiger partial charge on any atom is 0.269 e. The fourth-order valence-electron chi connectivity index (χ4n) is 4.46. The molecule has 4 aromatic rings. The van der Waals surface area contributed by atoms with Crippen LogP contribution in [0.3, 0.4) is 0 Å². The third-order valence-corrected chi connectivity index (χ3v) is 8.09. The number of aromatic nitrogens is 3. The molecule has 1 amide bonds. The fraction of sp³-hybridized carbons (Fsp3) is 0.269. The predicted octanol–water partition coefficient (Wildman–Crippen LogP) is 3.63. The zero-order chi connectivity index (χ0) is 26.0. The highest BCUT2D eigenvalue weighted by molar-refractivity contribution is 7.90. The van der Waals surface area contributed by atoms with Crippen LogP contribution in [0.1, 0.15) is 18.4 Å². The van der Waals surface area contributed by atoms with Crippen molar-refractivity contribution in [3.8, 4) is 0 Å². The number of aryl methyl sites for hydroxylation is 1. The van der Waals surface area contributed by atoms with Gasteiger partial charge in [-0.15, -0.1) is 0 Å². The molecule has 2 aromatic heterocycles. The van der Waals surface area contributed by atoms with Crippen LogP contribution in [0, 0.1) is 12.7 Å². The summed E-state index contributed by atoms with van der Waals surface area (Å²) in [6, 6.07) is 14.3. The Bertz CT molecular complexity index is 1540. The number of hydrogen-bond acceptors (Lipinski definition) is 7. The van der Waals surface area contributed by atoms with Crippen LogP contribution in [0.4, 0.5) is 15.9 Å². The average molecular weight is 523 g/mol. The maximum absolute atomic E-state index is 13.4. The molecule has 9 nitrogen and oxygen atoms in total. The van der Waals surface area contributed by atoms with E-state index in [4.69, 9.17) is 0 Å². The van der Waals surface area contributed by atoms with E-state index >= 15 is 0 Å². The third-order valence-electron chi connectivity index (χ3n) is 6.41. The first kappa shape index (κ1) is 24.7. The molecule has 2 N–H and O–H groups in total. The molecule has 5 rings (SSSR count). The van der Waals surface area contributed by atoms with Gasteiger partial charge in [-0.1, -0.05) is 23.8 Å². The van der Waals surface area contributed by atoms with Gasteiger partial charge in [0.2, 0.25) is 5.91 Å². The smallest absolute Gasteiger partial charge is 0.269 e. The van der Waals surface area contributed by atoms with Crippen LogP contribution in [0.25, 0.3) is 11.0 Å². The van der Waals surface area contributed by atoms with Gasteiger partial charge in [-0.05, 0) is 56.2 Å². The molecular formula is C26H27FN6O3S. The zero-order valence-electron chi connectivity index (χ0n) is 20.3. The van der Waals surface area contributed by atoms with Crippen molar-refractivity contribution < 1.29 is 17.6 Å². The van der Waals surface area contributed by atoms with Crippen molar-refractivity contribution in [3.05, 3.63) is 78.5 Å². The molecule has 1 atom stereocenters. The van der Waals surface area contributed by atoms with Crippen molar-refractivity contribution >= 4 is 38.5 Å².